The molecule has 0 spiro atoms. The molecular formula is C11H16N2O. The first-order valence-corrected chi connectivity index (χ1v) is 5.09. The number of hydrogen-bond donors (Lipinski definition) is 2. The molecule has 0 unspecified atom stereocenters. The van der Waals surface area contributed by atoms with Crippen LogP contribution in [-0.4, -0.2) is 23.4 Å². The SMILES string of the molecule is Cc1cc(C(=O)CNC2CC2)c(C)[nH]1. The number of aromatic nitrogens is 1. The Morgan fingerprint density at radius 1 is 1.57 bits per heavy atom. The third-order valence-electron chi connectivity index (χ3n) is 2.58. The Balaban J connectivity index is 1.98. The van der Waals surface area contributed by atoms with Crippen molar-refractivity contribution in [3.8, 4) is 0 Å². The molecule has 0 amide bonds. The number of ketones is 1. The average Bonchev–Trinajstić information content (AvgIpc) is 2.88. The van der Waals surface area contributed by atoms with Gasteiger partial charge in [0, 0.05) is 23.0 Å². The van der Waals surface area contributed by atoms with E-state index in [2.05, 4.69) is 10.3 Å². The summed E-state index contributed by atoms with van der Waals surface area (Å²) in [6.07, 6.45) is 2.44. The summed E-state index contributed by atoms with van der Waals surface area (Å²) in [5.41, 5.74) is 2.86. The number of Topliss-reactive ketones (excluding diaryl/α,β-unsaturated/α-hetero) is 1. The van der Waals surface area contributed by atoms with Crippen LogP contribution in [0.2, 0.25) is 0 Å². The fourth-order valence-electron chi connectivity index (χ4n) is 1.63. The molecule has 0 radical (unpaired) electrons. The number of rotatable bonds is 4. The summed E-state index contributed by atoms with van der Waals surface area (Å²) in [7, 11) is 0. The van der Waals surface area contributed by atoms with Crippen LogP contribution >= 0.6 is 0 Å². The van der Waals surface area contributed by atoms with Gasteiger partial charge >= 0.3 is 0 Å². The molecule has 1 aliphatic rings. The second-order valence-corrected chi connectivity index (χ2v) is 4.07. The van der Waals surface area contributed by atoms with Gasteiger partial charge < -0.3 is 10.3 Å². The van der Waals surface area contributed by atoms with E-state index in [9.17, 15) is 4.79 Å². The zero-order valence-corrected chi connectivity index (χ0v) is 8.68. The Kier molecular flexibility index (Phi) is 2.42. The van der Waals surface area contributed by atoms with E-state index < -0.39 is 0 Å². The van der Waals surface area contributed by atoms with Crippen molar-refractivity contribution in [3.05, 3.63) is 23.0 Å². The summed E-state index contributed by atoms with van der Waals surface area (Å²) >= 11 is 0. The lowest BCUT2D eigenvalue weighted by molar-refractivity contribution is 0.0990. The van der Waals surface area contributed by atoms with Gasteiger partial charge in [-0.25, -0.2) is 0 Å². The van der Waals surface area contributed by atoms with E-state index in [0.29, 0.717) is 12.6 Å². The maximum absolute atomic E-state index is 11.7. The highest BCUT2D eigenvalue weighted by molar-refractivity contribution is 5.98. The maximum Gasteiger partial charge on any atom is 0.178 e. The van der Waals surface area contributed by atoms with E-state index in [1.165, 1.54) is 12.8 Å². The summed E-state index contributed by atoms with van der Waals surface area (Å²) in [6.45, 7) is 4.39. The van der Waals surface area contributed by atoms with Crippen LogP contribution in [0.25, 0.3) is 0 Å². The molecule has 1 aliphatic carbocycles. The monoisotopic (exact) mass is 192 g/mol. The van der Waals surface area contributed by atoms with Gasteiger partial charge in [-0.2, -0.15) is 0 Å². The van der Waals surface area contributed by atoms with Crippen molar-refractivity contribution in [2.75, 3.05) is 6.54 Å². The molecule has 14 heavy (non-hydrogen) atoms. The molecule has 1 aromatic heterocycles. The minimum absolute atomic E-state index is 0.193. The van der Waals surface area contributed by atoms with Crippen LogP contribution in [0.5, 0.6) is 0 Å². The fourth-order valence-corrected chi connectivity index (χ4v) is 1.63. The van der Waals surface area contributed by atoms with Crippen molar-refractivity contribution in [2.45, 2.75) is 32.7 Å². The fraction of sp³-hybridized carbons (Fsp3) is 0.545. The summed E-state index contributed by atoms with van der Waals surface area (Å²) in [5.74, 6) is 0.193. The highest BCUT2D eigenvalue weighted by Gasteiger charge is 2.22. The third-order valence-corrected chi connectivity index (χ3v) is 2.58. The first kappa shape index (κ1) is 9.46. The van der Waals surface area contributed by atoms with Gasteiger partial charge in [0.05, 0.1) is 6.54 Å². The second kappa shape index (κ2) is 3.58. The van der Waals surface area contributed by atoms with Gasteiger partial charge in [-0.05, 0) is 32.8 Å². The summed E-state index contributed by atoms with van der Waals surface area (Å²) in [5, 5.41) is 3.23. The molecule has 0 aromatic carbocycles. The minimum atomic E-state index is 0.193. The Morgan fingerprint density at radius 2 is 2.29 bits per heavy atom. The van der Waals surface area contributed by atoms with Crippen LogP contribution in [0.4, 0.5) is 0 Å². The van der Waals surface area contributed by atoms with E-state index in [1.807, 2.05) is 19.9 Å². The summed E-state index contributed by atoms with van der Waals surface area (Å²) < 4.78 is 0. The quantitative estimate of drug-likeness (QED) is 0.711. The van der Waals surface area contributed by atoms with Gasteiger partial charge in [-0.3, -0.25) is 4.79 Å². The molecule has 0 bridgehead atoms. The molecule has 0 atom stereocenters. The molecular weight excluding hydrogens is 176 g/mol. The first-order chi connectivity index (χ1) is 6.66. The van der Waals surface area contributed by atoms with Crippen molar-refractivity contribution >= 4 is 5.78 Å². The van der Waals surface area contributed by atoms with Gasteiger partial charge in [0.1, 0.15) is 0 Å². The number of nitrogens with one attached hydrogen (secondary N) is 2. The molecule has 1 aromatic rings. The normalized spacial score (nSPS) is 15.9. The number of aryl methyl sites for hydroxylation is 2. The number of aromatic amines is 1. The first-order valence-electron chi connectivity index (χ1n) is 5.09. The highest BCUT2D eigenvalue weighted by Crippen LogP contribution is 2.18. The summed E-state index contributed by atoms with van der Waals surface area (Å²) in [6, 6.07) is 2.52. The van der Waals surface area contributed by atoms with E-state index in [0.717, 1.165) is 17.0 Å². The van der Waals surface area contributed by atoms with Gasteiger partial charge in [0.2, 0.25) is 0 Å². The third kappa shape index (κ3) is 2.04. The average molecular weight is 192 g/mol. The molecule has 0 saturated heterocycles. The Hall–Kier alpha value is -1.09. The maximum atomic E-state index is 11.7. The predicted molar refractivity (Wildman–Crippen MR) is 55.6 cm³/mol. The lowest BCUT2D eigenvalue weighted by Gasteiger charge is -2.00. The van der Waals surface area contributed by atoms with Crippen LogP contribution in [0, 0.1) is 13.8 Å². The van der Waals surface area contributed by atoms with E-state index in [1.54, 1.807) is 0 Å². The Bertz CT molecular complexity index is 350. The van der Waals surface area contributed by atoms with Crippen molar-refractivity contribution in [1.29, 1.82) is 0 Å². The van der Waals surface area contributed by atoms with Crippen LogP contribution in [0.3, 0.4) is 0 Å². The standard InChI is InChI=1S/C11H16N2O/c1-7-5-10(8(2)13-7)11(14)6-12-9-3-4-9/h5,9,12-13H,3-4,6H2,1-2H3. The number of H-pyrrole nitrogens is 1. The smallest absolute Gasteiger partial charge is 0.178 e. The van der Waals surface area contributed by atoms with E-state index >= 15 is 0 Å². The molecule has 1 saturated carbocycles. The van der Waals surface area contributed by atoms with Gasteiger partial charge in [0.25, 0.3) is 0 Å². The van der Waals surface area contributed by atoms with Crippen LogP contribution in [0.1, 0.15) is 34.6 Å². The Labute approximate surface area is 83.9 Å². The van der Waals surface area contributed by atoms with Crippen molar-refractivity contribution in [1.82, 2.24) is 10.3 Å². The van der Waals surface area contributed by atoms with E-state index in [4.69, 9.17) is 0 Å². The van der Waals surface area contributed by atoms with Crippen LogP contribution in [-0.2, 0) is 0 Å². The number of carbonyl (C=O) groups excluding carboxylic acids is 1. The molecule has 2 rings (SSSR count). The van der Waals surface area contributed by atoms with Gasteiger partial charge in [-0.15, -0.1) is 0 Å². The zero-order chi connectivity index (χ0) is 10.1. The predicted octanol–water partition coefficient (Wildman–Crippen LogP) is 1.57. The van der Waals surface area contributed by atoms with Gasteiger partial charge in [-0.1, -0.05) is 0 Å². The summed E-state index contributed by atoms with van der Waals surface area (Å²) in [4.78, 5) is 14.9. The zero-order valence-electron chi connectivity index (χ0n) is 8.68. The van der Waals surface area contributed by atoms with Crippen molar-refractivity contribution < 1.29 is 4.79 Å². The van der Waals surface area contributed by atoms with Crippen LogP contribution < -0.4 is 5.32 Å². The van der Waals surface area contributed by atoms with Crippen molar-refractivity contribution in [3.63, 3.8) is 0 Å². The largest absolute Gasteiger partial charge is 0.362 e. The molecule has 76 valence electrons. The molecule has 3 heteroatoms. The number of hydrogen-bond acceptors (Lipinski definition) is 2. The molecule has 1 heterocycles. The Morgan fingerprint density at radius 3 is 2.79 bits per heavy atom. The van der Waals surface area contributed by atoms with Crippen LogP contribution in [0.15, 0.2) is 6.07 Å². The lowest BCUT2D eigenvalue weighted by Crippen LogP contribution is -2.24. The minimum Gasteiger partial charge on any atom is -0.362 e. The topological polar surface area (TPSA) is 44.9 Å². The van der Waals surface area contributed by atoms with Gasteiger partial charge in [0.15, 0.2) is 5.78 Å². The molecule has 0 aliphatic heterocycles. The molecule has 2 N–H and O–H groups in total. The van der Waals surface area contributed by atoms with Crippen molar-refractivity contribution in [2.24, 2.45) is 0 Å². The molecule has 3 nitrogen and oxygen atoms in total. The number of carbonyl (C=O) groups is 1. The highest BCUT2D eigenvalue weighted by atomic mass is 16.1. The van der Waals surface area contributed by atoms with E-state index in [-0.39, 0.29) is 5.78 Å². The molecule has 1 fully saturated rings. The second-order valence-electron chi connectivity index (χ2n) is 4.07. The lowest BCUT2D eigenvalue weighted by atomic mass is 10.1.